The van der Waals surface area contributed by atoms with Gasteiger partial charge in [0, 0.05) is 17.0 Å². The highest BCUT2D eigenvalue weighted by atomic mass is 32.2. The Morgan fingerprint density at radius 1 is 1.10 bits per heavy atom. The van der Waals surface area contributed by atoms with Gasteiger partial charge in [-0.2, -0.15) is 0 Å². The van der Waals surface area contributed by atoms with Gasteiger partial charge in [0.2, 0.25) is 0 Å². The minimum absolute atomic E-state index is 0.0301. The number of fused-ring (bicyclic) bond motifs is 1. The van der Waals surface area contributed by atoms with Crippen LogP contribution in [0.4, 0.5) is 5.69 Å². The van der Waals surface area contributed by atoms with Crippen LogP contribution in [0.15, 0.2) is 52.7 Å². The van der Waals surface area contributed by atoms with Crippen molar-refractivity contribution in [2.24, 2.45) is 0 Å². The van der Waals surface area contributed by atoms with E-state index in [2.05, 4.69) is 4.72 Å². The van der Waals surface area contributed by atoms with Gasteiger partial charge < -0.3 is 14.2 Å². The van der Waals surface area contributed by atoms with Gasteiger partial charge >= 0.3 is 5.97 Å². The third-order valence-electron chi connectivity index (χ3n) is 4.63. The van der Waals surface area contributed by atoms with Crippen molar-refractivity contribution in [2.75, 3.05) is 24.5 Å². The molecule has 3 aromatic rings. The molecule has 1 N–H and O–H groups in total. The molecule has 0 aliphatic carbocycles. The molecule has 1 aliphatic rings. The molecule has 0 atom stereocenters. The zero-order chi connectivity index (χ0) is 22.0. The molecule has 0 saturated carbocycles. The lowest BCUT2D eigenvalue weighted by Gasteiger charge is -2.19. The summed E-state index contributed by atoms with van der Waals surface area (Å²) in [5, 5.41) is 1.66. The van der Waals surface area contributed by atoms with E-state index in [4.69, 9.17) is 14.2 Å². The van der Waals surface area contributed by atoms with E-state index in [1.165, 1.54) is 0 Å². The molecule has 9 heteroatoms. The quantitative estimate of drug-likeness (QED) is 0.547. The van der Waals surface area contributed by atoms with Gasteiger partial charge in [0.1, 0.15) is 23.0 Å². The van der Waals surface area contributed by atoms with Crippen LogP contribution in [-0.2, 0) is 14.8 Å². The van der Waals surface area contributed by atoms with Crippen molar-refractivity contribution in [2.45, 2.75) is 18.7 Å². The van der Waals surface area contributed by atoms with E-state index in [9.17, 15) is 13.2 Å². The van der Waals surface area contributed by atoms with Crippen molar-refractivity contribution in [3.8, 4) is 22.6 Å². The second kappa shape index (κ2) is 8.60. The maximum absolute atomic E-state index is 13.4. The summed E-state index contributed by atoms with van der Waals surface area (Å²) in [6.45, 7) is 4.59. The van der Waals surface area contributed by atoms with E-state index in [1.807, 2.05) is 31.2 Å². The first-order chi connectivity index (χ1) is 14.9. The molecule has 31 heavy (non-hydrogen) atoms. The van der Waals surface area contributed by atoms with E-state index in [-0.39, 0.29) is 16.4 Å². The zero-order valence-corrected chi connectivity index (χ0v) is 18.6. The van der Waals surface area contributed by atoms with Crippen molar-refractivity contribution in [3.05, 3.63) is 58.3 Å². The number of thiophene rings is 1. The maximum Gasteiger partial charge on any atom is 0.349 e. The van der Waals surface area contributed by atoms with Gasteiger partial charge in [0.05, 0.1) is 12.3 Å². The fourth-order valence-electron chi connectivity index (χ4n) is 3.20. The van der Waals surface area contributed by atoms with Crippen molar-refractivity contribution < 1.29 is 27.4 Å². The number of esters is 1. The average molecular weight is 460 g/mol. The van der Waals surface area contributed by atoms with Crippen molar-refractivity contribution in [3.63, 3.8) is 0 Å². The number of aryl methyl sites for hydroxylation is 1. The SMILES string of the molecule is CCOC(=O)c1scc(-c2ccc(C)cc2)c1S(=O)(=O)Nc1ccc2c(c1)OCCO2. The van der Waals surface area contributed by atoms with E-state index >= 15 is 0 Å². The molecule has 1 aromatic heterocycles. The fraction of sp³-hybridized carbons (Fsp3) is 0.227. The van der Waals surface area contributed by atoms with Gasteiger partial charge in [-0.3, -0.25) is 4.72 Å². The first-order valence-corrected chi connectivity index (χ1v) is 12.0. The minimum Gasteiger partial charge on any atom is -0.486 e. The molecule has 0 spiro atoms. The molecule has 2 heterocycles. The highest BCUT2D eigenvalue weighted by molar-refractivity contribution is 7.93. The van der Waals surface area contributed by atoms with E-state index < -0.39 is 16.0 Å². The monoisotopic (exact) mass is 459 g/mol. The Labute approximate surface area is 184 Å². The van der Waals surface area contributed by atoms with Gasteiger partial charge in [0.15, 0.2) is 11.5 Å². The van der Waals surface area contributed by atoms with E-state index in [0.717, 1.165) is 16.9 Å². The predicted molar refractivity (Wildman–Crippen MR) is 119 cm³/mol. The van der Waals surface area contributed by atoms with Gasteiger partial charge in [0.25, 0.3) is 10.0 Å². The Bertz CT molecular complexity index is 1220. The van der Waals surface area contributed by atoms with Crippen LogP contribution in [-0.4, -0.2) is 34.2 Å². The molecule has 162 valence electrons. The van der Waals surface area contributed by atoms with Crippen LogP contribution >= 0.6 is 11.3 Å². The van der Waals surface area contributed by atoms with E-state index in [0.29, 0.717) is 41.5 Å². The van der Waals surface area contributed by atoms with Crippen LogP contribution in [0.2, 0.25) is 0 Å². The van der Waals surface area contributed by atoms with Gasteiger partial charge in [-0.1, -0.05) is 29.8 Å². The molecule has 0 bridgehead atoms. The highest BCUT2D eigenvalue weighted by Gasteiger charge is 2.30. The van der Waals surface area contributed by atoms with Crippen molar-refractivity contribution in [1.82, 2.24) is 0 Å². The summed E-state index contributed by atoms with van der Waals surface area (Å²) in [6, 6.07) is 12.2. The maximum atomic E-state index is 13.4. The lowest BCUT2D eigenvalue weighted by atomic mass is 10.1. The Morgan fingerprint density at radius 3 is 2.52 bits per heavy atom. The van der Waals surface area contributed by atoms with Crippen LogP contribution in [0.3, 0.4) is 0 Å². The van der Waals surface area contributed by atoms with Crippen molar-refractivity contribution in [1.29, 1.82) is 0 Å². The molecule has 0 saturated heterocycles. The van der Waals surface area contributed by atoms with Crippen LogP contribution in [0.1, 0.15) is 22.2 Å². The molecule has 1 aliphatic heterocycles. The third kappa shape index (κ3) is 4.38. The summed E-state index contributed by atoms with van der Waals surface area (Å²) in [4.78, 5) is 12.4. The molecule has 0 unspecified atom stereocenters. The Hall–Kier alpha value is -3.04. The summed E-state index contributed by atoms with van der Waals surface area (Å²) < 4.78 is 45.6. The largest absolute Gasteiger partial charge is 0.486 e. The number of benzene rings is 2. The normalized spacial score (nSPS) is 13.0. The van der Waals surface area contributed by atoms with Crippen LogP contribution in [0.25, 0.3) is 11.1 Å². The number of nitrogens with one attached hydrogen (secondary N) is 1. The smallest absolute Gasteiger partial charge is 0.349 e. The zero-order valence-electron chi connectivity index (χ0n) is 17.0. The number of anilines is 1. The number of ether oxygens (including phenoxy) is 3. The fourth-order valence-corrected chi connectivity index (χ4v) is 5.94. The molecule has 2 aromatic carbocycles. The summed E-state index contributed by atoms with van der Waals surface area (Å²) >= 11 is 1.05. The molecule has 0 fully saturated rings. The molecule has 4 rings (SSSR count). The number of rotatable bonds is 6. The molecule has 0 radical (unpaired) electrons. The van der Waals surface area contributed by atoms with Crippen molar-refractivity contribution >= 4 is 33.0 Å². The average Bonchev–Trinajstić information content (AvgIpc) is 3.20. The summed E-state index contributed by atoms with van der Waals surface area (Å²) in [5.41, 5.74) is 2.49. The number of hydrogen-bond acceptors (Lipinski definition) is 7. The Balaban J connectivity index is 1.77. The number of carbonyl (C=O) groups excluding carboxylic acids is 1. The van der Waals surface area contributed by atoms with Crippen LogP contribution in [0, 0.1) is 6.92 Å². The molecule has 7 nitrogen and oxygen atoms in total. The van der Waals surface area contributed by atoms with Gasteiger partial charge in [-0.25, -0.2) is 13.2 Å². The topological polar surface area (TPSA) is 90.9 Å². The second-order valence-corrected chi connectivity index (χ2v) is 9.36. The van der Waals surface area contributed by atoms with Gasteiger partial charge in [-0.05, 0) is 31.5 Å². The first kappa shape index (κ1) is 21.2. The van der Waals surface area contributed by atoms with Gasteiger partial charge in [-0.15, -0.1) is 11.3 Å². The summed E-state index contributed by atoms with van der Waals surface area (Å²) in [7, 11) is -4.12. The second-order valence-electron chi connectivity index (χ2n) is 6.86. The van der Waals surface area contributed by atoms with Crippen LogP contribution < -0.4 is 14.2 Å². The lowest BCUT2D eigenvalue weighted by molar-refractivity contribution is 0.0528. The Morgan fingerprint density at radius 2 is 1.81 bits per heavy atom. The molecular weight excluding hydrogens is 438 g/mol. The van der Waals surface area contributed by atoms with Crippen LogP contribution in [0.5, 0.6) is 11.5 Å². The Kier molecular flexibility index (Phi) is 5.88. The third-order valence-corrected chi connectivity index (χ3v) is 7.19. The molecular formula is C22H21NO6S2. The van der Waals surface area contributed by atoms with E-state index in [1.54, 1.807) is 30.5 Å². The first-order valence-electron chi connectivity index (χ1n) is 9.67. The number of carbonyl (C=O) groups is 1. The minimum atomic E-state index is -4.12. The standard InChI is InChI=1S/C22H21NO6S2/c1-3-27-22(24)20-21(17(13-30-20)15-6-4-14(2)5-7-15)31(25,26)23-16-8-9-18-19(12-16)29-11-10-28-18/h4-9,12-13,23H,3,10-11H2,1-2H3. The molecule has 0 amide bonds. The lowest BCUT2D eigenvalue weighted by Crippen LogP contribution is -2.18. The summed E-state index contributed by atoms with van der Waals surface area (Å²) in [5.74, 6) is 0.340. The number of hydrogen-bond donors (Lipinski definition) is 1. The highest BCUT2D eigenvalue weighted by Crippen LogP contribution is 2.38. The predicted octanol–water partition coefficient (Wildman–Crippen LogP) is 4.47. The summed E-state index contributed by atoms with van der Waals surface area (Å²) in [6.07, 6.45) is 0. The number of sulfonamides is 1.